The summed E-state index contributed by atoms with van der Waals surface area (Å²) in [6.07, 6.45) is 2.07. The van der Waals surface area contributed by atoms with Crippen LogP contribution in [0.15, 0.2) is 30.3 Å². The molecule has 1 aromatic heterocycles. The van der Waals surface area contributed by atoms with Crippen molar-refractivity contribution in [3.8, 4) is 17.0 Å². The van der Waals surface area contributed by atoms with E-state index < -0.39 is 5.97 Å². The van der Waals surface area contributed by atoms with Gasteiger partial charge in [0.15, 0.2) is 5.69 Å². The van der Waals surface area contributed by atoms with Crippen LogP contribution in [0.4, 0.5) is 0 Å². The van der Waals surface area contributed by atoms with Gasteiger partial charge in [-0.2, -0.15) is 5.10 Å². The average molecular weight is 302 g/mol. The molecule has 0 bridgehead atoms. The van der Waals surface area contributed by atoms with Gasteiger partial charge >= 0.3 is 5.97 Å². The molecule has 116 valence electrons. The zero-order valence-electron chi connectivity index (χ0n) is 12.4. The molecule has 0 aliphatic carbocycles. The van der Waals surface area contributed by atoms with E-state index in [1.165, 1.54) is 0 Å². The van der Waals surface area contributed by atoms with E-state index in [1.54, 1.807) is 17.8 Å². The topological polar surface area (TPSA) is 73.6 Å². The molecule has 3 rings (SSSR count). The van der Waals surface area contributed by atoms with Crippen LogP contribution in [0.5, 0.6) is 5.75 Å². The molecule has 1 N–H and O–H groups in total. The maximum atomic E-state index is 11.0. The Hall–Kier alpha value is -2.34. The molecule has 6 nitrogen and oxygen atoms in total. The minimum absolute atomic E-state index is 0.0319. The number of ether oxygens (including phenoxy) is 2. The fourth-order valence-corrected chi connectivity index (χ4v) is 2.57. The number of hydrogen-bond acceptors (Lipinski definition) is 4. The quantitative estimate of drug-likeness (QED) is 0.938. The standard InChI is InChI=1S/C16H18N2O4/c1-18-15(9-14(17-18)16(19)20)11-4-2-5-12(8-11)22-13-6-3-7-21-10-13/h2,4-5,8-9,13H,3,6-7,10H2,1H3,(H,19,20). The summed E-state index contributed by atoms with van der Waals surface area (Å²) in [5.41, 5.74) is 1.64. The molecule has 2 aromatic rings. The molecule has 1 saturated heterocycles. The van der Waals surface area contributed by atoms with Gasteiger partial charge in [0.25, 0.3) is 0 Å². The number of carboxylic acids is 1. The highest BCUT2D eigenvalue weighted by molar-refractivity contribution is 5.87. The van der Waals surface area contributed by atoms with Gasteiger partial charge in [-0.3, -0.25) is 4.68 Å². The Bertz CT molecular complexity index is 675. The Morgan fingerprint density at radius 3 is 3.00 bits per heavy atom. The van der Waals surface area contributed by atoms with E-state index in [9.17, 15) is 4.79 Å². The lowest BCUT2D eigenvalue weighted by Gasteiger charge is -2.23. The Kier molecular flexibility index (Phi) is 4.11. The molecular weight excluding hydrogens is 284 g/mol. The molecule has 22 heavy (non-hydrogen) atoms. The van der Waals surface area contributed by atoms with Crippen LogP contribution in [0.25, 0.3) is 11.3 Å². The van der Waals surface area contributed by atoms with Crippen molar-refractivity contribution in [2.24, 2.45) is 7.05 Å². The Morgan fingerprint density at radius 1 is 1.45 bits per heavy atom. The Balaban J connectivity index is 1.82. The van der Waals surface area contributed by atoms with E-state index in [-0.39, 0.29) is 11.8 Å². The van der Waals surface area contributed by atoms with E-state index in [1.807, 2.05) is 24.3 Å². The van der Waals surface area contributed by atoms with Crippen LogP contribution in [0.2, 0.25) is 0 Å². The number of rotatable bonds is 4. The molecule has 0 spiro atoms. The summed E-state index contributed by atoms with van der Waals surface area (Å²) in [4.78, 5) is 11.0. The normalized spacial score (nSPS) is 18.1. The number of hydrogen-bond donors (Lipinski definition) is 1. The van der Waals surface area contributed by atoms with Crippen LogP contribution in [0.3, 0.4) is 0 Å². The van der Waals surface area contributed by atoms with Crippen molar-refractivity contribution in [1.29, 1.82) is 0 Å². The third-order valence-electron chi connectivity index (χ3n) is 3.65. The first-order valence-electron chi connectivity index (χ1n) is 7.25. The van der Waals surface area contributed by atoms with Gasteiger partial charge in [-0.25, -0.2) is 4.79 Å². The number of aromatic carboxylic acids is 1. The molecule has 1 aliphatic rings. The molecule has 0 radical (unpaired) electrons. The molecule has 6 heteroatoms. The first-order chi connectivity index (χ1) is 10.6. The summed E-state index contributed by atoms with van der Waals surface area (Å²) in [6.45, 7) is 1.41. The van der Waals surface area contributed by atoms with Crippen LogP contribution in [0.1, 0.15) is 23.3 Å². The molecule has 2 heterocycles. The predicted molar refractivity (Wildman–Crippen MR) is 80.1 cm³/mol. The number of carbonyl (C=O) groups is 1. The second-order valence-electron chi connectivity index (χ2n) is 5.33. The fourth-order valence-electron chi connectivity index (χ4n) is 2.57. The zero-order chi connectivity index (χ0) is 15.5. The predicted octanol–water partition coefficient (Wildman–Crippen LogP) is 2.34. The van der Waals surface area contributed by atoms with Crippen LogP contribution in [-0.4, -0.2) is 40.2 Å². The van der Waals surface area contributed by atoms with E-state index in [0.29, 0.717) is 6.61 Å². The monoisotopic (exact) mass is 302 g/mol. The van der Waals surface area contributed by atoms with Crippen molar-refractivity contribution < 1.29 is 19.4 Å². The SMILES string of the molecule is Cn1nc(C(=O)O)cc1-c1cccc(OC2CCCOC2)c1. The minimum atomic E-state index is -1.03. The summed E-state index contributed by atoms with van der Waals surface area (Å²) in [7, 11) is 1.73. The lowest BCUT2D eigenvalue weighted by Crippen LogP contribution is -2.27. The molecule has 1 aliphatic heterocycles. The van der Waals surface area contributed by atoms with Crippen LogP contribution >= 0.6 is 0 Å². The summed E-state index contributed by atoms with van der Waals surface area (Å²) in [6, 6.07) is 9.16. The van der Waals surface area contributed by atoms with Crippen molar-refractivity contribution in [2.45, 2.75) is 18.9 Å². The highest BCUT2D eigenvalue weighted by Gasteiger charge is 2.17. The fraction of sp³-hybridized carbons (Fsp3) is 0.375. The van der Waals surface area contributed by atoms with Gasteiger partial charge in [-0.05, 0) is 31.0 Å². The lowest BCUT2D eigenvalue weighted by molar-refractivity contribution is 0.00745. The molecule has 1 atom stereocenters. The second kappa shape index (κ2) is 6.19. The zero-order valence-corrected chi connectivity index (χ0v) is 12.4. The van der Waals surface area contributed by atoms with Gasteiger partial charge in [-0.1, -0.05) is 12.1 Å². The van der Waals surface area contributed by atoms with E-state index >= 15 is 0 Å². The van der Waals surface area contributed by atoms with Crippen molar-refractivity contribution >= 4 is 5.97 Å². The van der Waals surface area contributed by atoms with Crippen LogP contribution < -0.4 is 4.74 Å². The molecule has 1 unspecified atom stereocenters. The maximum Gasteiger partial charge on any atom is 0.356 e. The van der Waals surface area contributed by atoms with Crippen molar-refractivity contribution in [1.82, 2.24) is 9.78 Å². The minimum Gasteiger partial charge on any atom is -0.488 e. The first kappa shape index (κ1) is 14.6. The van der Waals surface area contributed by atoms with Gasteiger partial charge in [0.1, 0.15) is 11.9 Å². The average Bonchev–Trinajstić information content (AvgIpc) is 2.91. The summed E-state index contributed by atoms with van der Waals surface area (Å²) < 4.78 is 12.9. The molecular formula is C16H18N2O4. The molecule has 1 fully saturated rings. The smallest absolute Gasteiger partial charge is 0.356 e. The largest absolute Gasteiger partial charge is 0.488 e. The maximum absolute atomic E-state index is 11.0. The highest BCUT2D eigenvalue weighted by Crippen LogP contribution is 2.26. The number of aromatic nitrogens is 2. The molecule has 0 saturated carbocycles. The van der Waals surface area contributed by atoms with E-state index in [2.05, 4.69) is 5.10 Å². The second-order valence-corrected chi connectivity index (χ2v) is 5.33. The van der Waals surface area contributed by atoms with Crippen molar-refractivity contribution in [2.75, 3.05) is 13.2 Å². The summed E-state index contributed by atoms with van der Waals surface area (Å²) in [5.74, 6) is -0.278. The third kappa shape index (κ3) is 3.12. The Labute approximate surface area is 128 Å². The number of carboxylic acid groups (broad SMARTS) is 1. The van der Waals surface area contributed by atoms with E-state index in [4.69, 9.17) is 14.6 Å². The number of aryl methyl sites for hydroxylation is 1. The van der Waals surface area contributed by atoms with Crippen molar-refractivity contribution in [3.05, 3.63) is 36.0 Å². The van der Waals surface area contributed by atoms with Gasteiger partial charge in [0.2, 0.25) is 0 Å². The van der Waals surface area contributed by atoms with Gasteiger partial charge in [0, 0.05) is 19.2 Å². The van der Waals surface area contributed by atoms with Gasteiger partial charge in [0.05, 0.1) is 12.3 Å². The highest BCUT2D eigenvalue weighted by atomic mass is 16.5. The number of benzene rings is 1. The Morgan fingerprint density at radius 2 is 2.32 bits per heavy atom. The van der Waals surface area contributed by atoms with E-state index in [0.717, 1.165) is 36.5 Å². The lowest BCUT2D eigenvalue weighted by atomic mass is 10.1. The van der Waals surface area contributed by atoms with Crippen LogP contribution in [-0.2, 0) is 11.8 Å². The van der Waals surface area contributed by atoms with Crippen molar-refractivity contribution in [3.63, 3.8) is 0 Å². The molecule has 0 amide bonds. The third-order valence-corrected chi connectivity index (χ3v) is 3.65. The summed E-state index contributed by atoms with van der Waals surface area (Å²) in [5, 5.41) is 13.0. The first-order valence-corrected chi connectivity index (χ1v) is 7.25. The molecule has 1 aromatic carbocycles. The number of nitrogens with zero attached hydrogens (tertiary/aromatic N) is 2. The summed E-state index contributed by atoms with van der Waals surface area (Å²) >= 11 is 0. The van der Waals surface area contributed by atoms with Gasteiger partial charge < -0.3 is 14.6 Å². The van der Waals surface area contributed by atoms with Crippen LogP contribution in [0, 0.1) is 0 Å². The van der Waals surface area contributed by atoms with Gasteiger partial charge in [-0.15, -0.1) is 0 Å².